The van der Waals surface area contributed by atoms with Gasteiger partial charge in [-0.1, -0.05) is 52.3 Å². The number of nitrogens with one attached hydrogen (secondary N) is 1. The molecule has 1 aromatic heterocycles. The molecule has 0 bridgehead atoms. The number of fused-ring (bicyclic) bond motifs is 1. The van der Waals surface area contributed by atoms with Crippen LogP contribution in [0.25, 0.3) is 11.3 Å². The summed E-state index contributed by atoms with van der Waals surface area (Å²) < 4.78 is 1.04. The Morgan fingerprint density at radius 1 is 1.08 bits per heavy atom. The molecule has 1 N–H and O–H groups in total. The Bertz CT molecular complexity index is 947. The fourth-order valence-electron chi connectivity index (χ4n) is 2.61. The molecule has 3 aromatic rings. The minimum Gasteiger partial charge on any atom is -0.294 e. The van der Waals surface area contributed by atoms with E-state index in [4.69, 9.17) is 0 Å². The number of Topliss-reactive ketones (excluding diaryl/α,β-unsaturated/α-hetero) is 1. The summed E-state index contributed by atoms with van der Waals surface area (Å²) in [6.45, 7) is 0. The van der Waals surface area contributed by atoms with Crippen molar-refractivity contribution in [1.29, 1.82) is 0 Å². The molecule has 0 fully saturated rings. The van der Waals surface area contributed by atoms with Gasteiger partial charge in [0.1, 0.15) is 0 Å². The first-order valence-electron chi connectivity index (χ1n) is 7.37. The third kappa shape index (κ3) is 2.90. The lowest BCUT2D eigenvalue weighted by Crippen LogP contribution is -2.00. The third-order valence-electron chi connectivity index (χ3n) is 3.80. The van der Waals surface area contributed by atoms with Gasteiger partial charge in [0.15, 0.2) is 5.78 Å². The zero-order chi connectivity index (χ0) is 16.5. The summed E-state index contributed by atoms with van der Waals surface area (Å²) in [5, 5.41) is 7.08. The highest BCUT2D eigenvalue weighted by Gasteiger charge is 2.24. The van der Waals surface area contributed by atoms with Crippen molar-refractivity contribution >= 4 is 43.9 Å². The standard InChI is InChI=1S/C18H12BrN3OS/c19-12-7-5-11(6-8-12)16-10-24-18(20-16)22-21-15-9-17(23)14-4-2-1-3-13(14)15/h1-8,10H,9H2,(H,20,22). The van der Waals surface area contributed by atoms with E-state index in [1.807, 2.05) is 53.9 Å². The van der Waals surface area contributed by atoms with Crippen LogP contribution in [-0.4, -0.2) is 16.5 Å². The van der Waals surface area contributed by atoms with Gasteiger partial charge >= 0.3 is 0 Å². The minimum atomic E-state index is 0.112. The van der Waals surface area contributed by atoms with Crippen molar-refractivity contribution in [3.63, 3.8) is 0 Å². The molecule has 0 unspecified atom stereocenters. The molecule has 0 spiro atoms. The van der Waals surface area contributed by atoms with Gasteiger partial charge in [-0.3, -0.25) is 10.2 Å². The van der Waals surface area contributed by atoms with Gasteiger partial charge in [0.25, 0.3) is 0 Å². The van der Waals surface area contributed by atoms with E-state index in [0.717, 1.165) is 32.6 Å². The van der Waals surface area contributed by atoms with Gasteiger partial charge in [0.05, 0.1) is 17.8 Å². The van der Waals surface area contributed by atoms with Gasteiger partial charge in [-0.2, -0.15) is 5.10 Å². The number of carbonyl (C=O) groups excluding carboxylic acids is 1. The summed E-state index contributed by atoms with van der Waals surface area (Å²) in [5.74, 6) is 0.112. The van der Waals surface area contributed by atoms with Crippen molar-refractivity contribution in [3.05, 3.63) is 69.5 Å². The topological polar surface area (TPSA) is 54.4 Å². The van der Waals surface area contributed by atoms with Crippen molar-refractivity contribution in [2.75, 3.05) is 5.43 Å². The van der Waals surface area contributed by atoms with Crippen LogP contribution in [0.1, 0.15) is 22.3 Å². The van der Waals surface area contributed by atoms with E-state index in [1.165, 1.54) is 11.3 Å². The van der Waals surface area contributed by atoms with Crippen LogP contribution in [0.2, 0.25) is 0 Å². The lowest BCUT2D eigenvalue weighted by molar-refractivity contribution is 0.101. The Labute approximate surface area is 151 Å². The Hall–Kier alpha value is -2.31. The Balaban J connectivity index is 1.55. The number of hydrogen-bond donors (Lipinski definition) is 1. The Morgan fingerprint density at radius 2 is 1.83 bits per heavy atom. The highest BCUT2D eigenvalue weighted by atomic mass is 79.9. The predicted octanol–water partition coefficient (Wildman–Crippen LogP) is 4.98. The molecule has 1 aliphatic carbocycles. The summed E-state index contributed by atoms with van der Waals surface area (Å²) in [7, 11) is 0. The largest absolute Gasteiger partial charge is 0.294 e. The van der Waals surface area contributed by atoms with Crippen LogP contribution in [0.15, 0.2) is 63.5 Å². The molecule has 0 aliphatic heterocycles. The lowest BCUT2D eigenvalue weighted by Gasteiger charge is -1.99. The molecule has 1 aliphatic rings. The summed E-state index contributed by atoms with van der Waals surface area (Å²) in [4.78, 5) is 16.5. The van der Waals surface area contributed by atoms with E-state index in [9.17, 15) is 4.79 Å². The van der Waals surface area contributed by atoms with Crippen LogP contribution in [0.4, 0.5) is 5.13 Å². The van der Waals surface area contributed by atoms with E-state index in [-0.39, 0.29) is 5.78 Å². The number of ketones is 1. The molecule has 4 rings (SSSR count). The smallest absolute Gasteiger partial charge is 0.203 e. The zero-order valence-electron chi connectivity index (χ0n) is 12.5. The summed E-state index contributed by atoms with van der Waals surface area (Å²) >= 11 is 4.92. The monoisotopic (exact) mass is 397 g/mol. The highest BCUT2D eigenvalue weighted by molar-refractivity contribution is 9.10. The maximum Gasteiger partial charge on any atom is 0.203 e. The number of hydrogen-bond acceptors (Lipinski definition) is 5. The second-order valence-electron chi connectivity index (χ2n) is 5.36. The van der Waals surface area contributed by atoms with Crippen molar-refractivity contribution in [2.24, 2.45) is 5.10 Å². The van der Waals surface area contributed by atoms with Gasteiger partial charge in [0, 0.05) is 26.5 Å². The van der Waals surface area contributed by atoms with Gasteiger partial charge in [-0.05, 0) is 12.1 Å². The molecule has 118 valence electrons. The molecule has 2 aromatic carbocycles. The molecule has 0 radical (unpaired) electrons. The zero-order valence-corrected chi connectivity index (χ0v) is 14.9. The number of nitrogens with zero attached hydrogens (tertiary/aromatic N) is 2. The van der Waals surface area contributed by atoms with Crippen LogP contribution in [-0.2, 0) is 0 Å². The fraction of sp³-hybridized carbons (Fsp3) is 0.0556. The summed E-state index contributed by atoms with van der Waals surface area (Å²) in [6, 6.07) is 15.6. The van der Waals surface area contributed by atoms with Crippen molar-refractivity contribution < 1.29 is 4.79 Å². The summed E-state index contributed by atoms with van der Waals surface area (Å²) in [5.41, 5.74) is 7.34. The first kappa shape index (κ1) is 15.2. The lowest BCUT2D eigenvalue weighted by atomic mass is 10.1. The number of aromatic nitrogens is 1. The highest BCUT2D eigenvalue weighted by Crippen LogP contribution is 2.27. The fourth-order valence-corrected chi connectivity index (χ4v) is 3.54. The number of benzene rings is 2. The van der Waals surface area contributed by atoms with Gasteiger partial charge in [-0.15, -0.1) is 11.3 Å². The first-order chi connectivity index (χ1) is 11.7. The minimum absolute atomic E-state index is 0.112. The molecular weight excluding hydrogens is 386 g/mol. The number of carbonyl (C=O) groups is 1. The van der Waals surface area contributed by atoms with Crippen LogP contribution >= 0.6 is 27.3 Å². The summed E-state index contributed by atoms with van der Waals surface area (Å²) in [6.07, 6.45) is 0.331. The quantitative estimate of drug-likeness (QED) is 0.634. The van der Waals surface area contributed by atoms with Gasteiger partial charge in [-0.25, -0.2) is 4.98 Å². The molecule has 0 atom stereocenters. The Morgan fingerprint density at radius 3 is 2.62 bits per heavy atom. The number of thiazole rings is 1. The average molecular weight is 398 g/mol. The molecule has 6 heteroatoms. The number of hydrazone groups is 1. The average Bonchev–Trinajstić information content (AvgIpc) is 3.19. The number of anilines is 1. The first-order valence-corrected chi connectivity index (χ1v) is 9.04. The third-order valence-corrected chi connectivity index (χ3v) is 5.07. The van der Waals surface area contributed by atoms with Crippen LogP contribution < -0.4 is 5.43 Å². The second-order valence-corrected chi connectivity index (χ2v) is 7.13. The molecule has 1 heterocycles. The van der Waals surface area contributed by atoms with Crippen molar-refractivity contribution in [1.82, 2.24) is 4.98 Å². The van der Waals surface area contributed by atoms with E-state index in [1.54, 1.807) is 0 Å². The maximum absolute atomic E-state index is 12.0. The molecule has 0 saturated heterocycles. The normalized spacial score (nSPS) is 14.9. The number of rotatable bonds is 3. The SMILES string of the molecule is O=C1CC(=NNc2nc(-c3ccc(Br)cc3)cs2)c2ccccc21. The maximum atomic E-state index is 12.0. The molecule has 0 amide bonds. The van der Waals surface area contributed by atoms with E-state index < -0.39 is 0 Å². The number of halogens is 1. The van der Waals surface area contributed by atoms with Crippen molar-refractivity contribution in [2.45, 2.75) is 6.42 Å². The second kappa shape index (κ2) is 6.30. The van der Waals surface area contributed by atoms with Crippen LogP contribution in [0.5, 0.6) is 0 Å². The Kier molecular flexibility index (Phi) is 4.00. The van der Waals surface area contributed by atoms with Crippen molar-refractivity contribution in [3.8, 4) is 11.3 Å². The molecule has 4 nitrogen and oxygen atoms in total. The van der Waals surface area contributed by atoms with Gasteiger partial charge < -0.3 is 0 Å². The van der Waals surface area contributed by atoms with Crippen LogP contribution in [0.3, 0.4) is 0 Å². The molecular formula is C18H12BrN3OS. The van der Waals surface area contributed by atoms with E-state index in [2.05, 4.69) is 31.4 Å². The molecule has 24 heavy (non-hydrogen) atoms. The van der Waals surface area contributed by atoms with E-state index in [0.29, 0.717) is 11.6 Å². The van der Waals surface area contributed by atoms with Gasteiger partial charge in [0.2, 0.25) is 5.13 Å². The van der Waals surface area contributed by atoms with E-state index >= 15 is 0 Å². The predicted molar refractivity (Wildman–Crippen MR) is 101 cm³/mol. The van der Waals surface area contributed by atoms with Crippen LogP contribution in [0, 0.1) is 0 Å². The molecule has 0 saturated carbocycles.